The van der Waals surface area contributed by atoms with Crippen LogP contribution in [0.15, 0.2) is 96.0 Å². The summed E-state index contributed by atoms with van der Waals surface area (Å²) in [6, 6.07) is 8.41. The maximum atomic E-state index is 13.9. The van der Waals surface area contributed by atoms with Gasteiger partial charge in [0.1, 0.15) is 5.83 Å². The molecule has 12 nitrogen and oxygen atoms in total. The first-order valence-corrected chi connectivity index (χ1v) is 13.4. The second-order valence-electron chi connectivity index (χ2n) is 9.89. The zero-order chi connectivity index (χ0) is 30.5. The Morgan fingerprint density at radius 2 is 2.05 bits per heavy atom. The van der Waals surface area contributed by atoms with Crippen molar-refractivity contribution in [1.82, 2.24) is 29.2 Å². The molecule has 0 spiro atoms. The zero-order valence-corrected chi connectivity index (χ0v) is 23.7. The van der Waals surface area contributed by atoms with E-state index in [-0.39, 0.29) is 29.3 Å². The lowest BCUT2D eigenvalue weighted by atomic mass is 10.2. The van der Waals surface area contributed by atoms with Gasteiger partial charge >= 0.3 is 0 Å². The molecule has 1 aromatic carbocycles. The van der Waals surface area contributed by atoms with Gasteiger partial charge in [-0.2, -0.15) is 10.1 Å². The predicted octanol–water partition coefficient (Wildman–Crippen LogP) is 4.52. The van der Waals surface area contributed by atoms with Crippen LogP contribution in [0.3, 0.4) is 0 Å². The maximum Gasteiger partial charge on any atom is 0.299 e. The van der Waals surface area contributed by atoms with E-state index in [9.17, 15) is 14.0 Å². The van der Waals surface area contributed by atoms with Crippen molar-refractivity contribution in [2.45, 2.75) is 19.4 Å². The van der Waals surface area contributed by atoms with E-state index in [0.29, 0.717) is 22.4 Å². The Labute approximate surface area is 246 Å². The number of halogens is 1. The van der Waals surface area contributed by atoms with Gasteiger partial charge in [0, 0.05) is 30.0 Å². The van der Waals surface area contributed by atoms with Crippen molar-refractivity contribution in [3.05, 3.63) is 96.6 Å². The van der Waals surface area contributed by atoms with Crippen molar-refractivity contribution in [2.75, 3.05) is 30.8 Å². The first-order chi connectivity index (χ1) is 20.7. The number of carbonyl (C=O) groups excluding carboxylic acids is 1. The van der Waals surface area contributed by atoms with Crippen LogP contribution in [-0.2, 0) is 4.79 Å². The van der Waals surface area contributed by atoms with Gasteiger partial charge in [0.2, 0.25) is 17.8 Å². The van der Waals surface area contributed by atoms with Crippen LogP contribution in [0, 0.1) is 0 Å². The first kappa shape index (κ1) is 29.1. The minimum Gasteiger partial charge on any atom is -0.433 e. The highest BCUT2D eigenvalue weighted by molar-refractivity contribution is 5.99. The number of aromatic nitrogens is 5. The molecule has 13 heteroatoms. The molecule has 0 radical (unpaired) electrons. The Morgan fingerprint density at radius 1 is 1.21 bits per heavy atom. The Morgan fingerprint density at radius 3 is 2.77 bits per heavy atom. The van der Waals surface area contributed by atoms with Crippen LogP contribution in [0.5, 0.6) is 5.75 Å². The fourth-order valence-corrected chi connectivity index (χ4v) is 4.61. The van der Waals surface area contributed by atoms with Gasteiger partial charge in [0.05, 0.1) is 29.8 Å². The molecule has 4 heterocycles. The number of allylic oxidation sites excluding steroid dienone is 1. The minimum absolute atomic E-state index is 0.0864. The third kappa shape index (κ3) is 6.73. The SMILES string of the molecule is C=CC(=O)Nc1cccc(-n2c(=O)c(O/C(C=C)=N/C=C(\C)F)cc3cnc(Nc4cnn(C5CCN(C)C5)c4)nc32)c1. The van der Waals surface area contributed by atoms with Crippen LogP contribution in [0.2, 0.25) is 0 Å². The average Bonchev–Trinajstić information content (AvgIpc) is 3.64. The van der Waals surface area contributed by atoms with Gasteiger partial charge in [-0.15, -0.1) is 0 Å². The van der Waals surface area contributed by atoms with Crippen LogP contribution in [0.4, 0.5) is 21.7 Å². The molecular formula is C30H30FN9O3. The fraction of sp³-hybridized carbons (Fsp3) is 0.200. The summed E-state index contributed by atoms with van der Waals surface area (Å²) >= 11 is 0. The summed E-state index contributed by atoms with van der Waals surface area (Å²) < 4.78 is 22.3. The molecule has 0 aliphatic carbocycles. The van der Waals surface area contributed by atoms with Crippen LogP contribution >= 0.6 is 0 Å². The number of carbonyl (C=O) groups is 1. The third-order valence-electron chi connectivity index (χ3n) is 6.62. The van der Waals surface area contributed by atoms with Crippen molar-refractivity contribution in [3.63, 3.8) is 0 Å². The van der Waals surface area contributed by atoms with Crippen LogP contribution in [0.1, 0.15) is 19.4 Å². The van der Waals surface area contributed by atoms with Crippen molar-refractivity contribution >= 4 is 40.2 Å². The highest BCUT2D eigenvalue weighted by Crippen LogP contribution is 2.25. The van der Waals surface area contributed by atoms with Gasteiger partial charge in [-0.3, -0.25) is 18.8 Å². The second kappa shape index (κ2) is 12.6. The van der Waals surface area contributed by atoms with Crippen molar-refractivity contribution in [2.24, 2.45) is 4.99 Å². The largest absolute Gasteiger partial charge is 0.433 e. The van der Waals surface area contributed by atoms with Gasteiger partial charge in [-0.25, -0.2) is 14.4 Å². The molecular weight excluding hydrogens is 553 g/mol. The average molecular weight is 584 g/mol. The number of likely N-dealkylation sites (N-methyl/N-ethyl adjacent to an activating group) is 1. The molecule has 0 bridgehead atoms. The number of amides is 1. The standard InChI is InChI=1S/C30H30FN9O3/c1-5-26(41)35-21-8-7-9-23(13-21)40-28-20(12-25(29(40)42)43-27(6-2)32-14-19(3)31)15-33-30(37-28)36-22-16-34-39(17-22)24-10-11-38(4)18-24/h5-9,12-17,24H,1-2,10-11,18H2,3-4H3,(H,35,41)(H,33,36,37)/b19-14+,32-27+. The number of rotatable bonds is 9. The molecule has 5 rings (SSSR count). The van der Waals surface area contributed by atoms with E-state index in [4.69, 9.17) is 4.74 Å². The molecule has 4 aromatic rings. The van der Waals surface area contributed by atoms with Gasteiger partial charge in [-0.05, 0) is 63.4 Å². The Bertz CT molecular complexity index is 1820. The first-order valence-electron chi connectivity index (χ1n) is 13.4. The molecule has 0 saturated carbocycles. The highest BCUT2D eigenvalue weighted by atomic mass is 19.1. The number of anilines is 3. The van der Waals surface area contributed by atoms with Crippen molar-refractivity contribution in [3.8, 4) is 11.4 Å². The Balaban J connectivity index is 1.58. The van der Waals surface area contributed by atoms with Gasteiger partial charge in [-0.1, -0.05) is 19.2 Å². The van der Waals surface area contributed by atoms with Gasteiger partial charge < -0.3 is 20.3 Å². The maximum absolute atomic E-state index is 13.9. The molecule has 1 amide bonds. The number of benzene rings is 1. The number of aliphatic imine (C=N–C) groups is 1. The number of hydrogen-bond donors (Lipinski definition) is 2. The molecule has 1 saturated heterocycles. The van der Waals surface area contributed by atoms with Crippen molar-refractivity contribution < 1.29 is 13.9 Å². The van der Waals surface area contributed by atoms with Crippen LogP contribution < -0.4 is 20.9 Å². The number of nitrogens with zero attached hydrogens (tertiary/aromatic N) is 7. The van der Waals surface area contributed by atoms with Gasteiger partial charge in [0.15, 0.2) is 11.4 Å². The van der Waals surface area contributed by atoms with Crippen LogP contribution in [-0.4, -0.2) is 61.2 Å². The number of hydrogen-bond acceptors (Lipinski definition) is 9. The normalized spacial score (nSPS) is 15.8. The van der Waals surface area contributed by atoms with E-state index < -0.39 is 17.3 Å². The van der Waals surface area contributed by atoms with E-state index in [1.807, 2.05) is 10.9 Å². The zero-order valence-electron chi connectivity index (χ0n) is 23.7. The molecule has 1 unspecified atom stereocenters. The van der Waals surface area contributed by atoms with E-state index in [0.717, 1.165) is 31.8 Å². The fourth-order valence-electron chi connectivity index (χ4n) is 4.61. The lowest BCUT2D eigenvalue weighted by Gasteiger charge is -2.14. The smallest absolute Gasteiger partial charge is 0.299 e. The quantitative estimate of drug-likeness (QED) is 0.167. The third-order valence-corrected chi connectivity index (χ3v) is 6.62. The molecule has 220 valence electrons. The number of pyridine rings is 1. The number of fused-ring (bicyclic) bond motifs is 1. The Hall–Kier alpha value is -5.43. The predicted molar refractivity (Wildman–Crippen MR) is 164 cm³/mol. The summed E-state index contributed by atoms with van der Waals surface area (Å²) in [6.07, 6.45) is 9.51. The van der Waals surface area contributed by atoms with Crippen molar-refractivity contribution in [1.29, 1.82) is 0 Å². The summed E-state index contributed by atoms with van der Waals surface area (Å²) in [5.41, 5.74) is 1.20. The molecule has 1 atom stereocenters. The summed E-state index contributed by atoms with van der Waals surface area (Å²) in [5, 5.41) is 10.8. The lowest BCUT2D eigenvalue weighted by Crippen LogP contribution is -2.23. The molecule has 1 fully saturated rings. The second-order valence-corrected chi connectivity index (χ2v) is 9.89. The summed E-state index contributed by atoms with van der Waals surface area (Å²) in [4.78, 5) is 41.0. The van der Waals surface area contributed by atoms with E-state index >= 15 is 0 Å². The molecule has 1 aliphatic rings. The number of likely N-dealkylation sites (tertiary alicyclic amines) is 1. The van der Waals surface area contributed by atoms with E-state index in [2.05, 4.69) is 55.8 Å². The lowest BCUT2D eigenvalue weighted by molar-refractivity contribution is -0.111. The molecule has 3 aromatic heterocycles. The summed E-state index contributed by atoms with van der Waals surface area (Å²) in [5.74, 6) is -0.925. The highest BCUT2D eigenvalue weighted by Gasteiger charge is 2.22. The molecule has 43 heavy (non-hydrogen) atoms. The van der Waals surface area contributed by atoms with Crippen LogP contribution in [0.25, 0.3) is 16.7 Å². The number of nitrogens with one attached hydrogen (secondary N) is 2. The monoisotopic (exact) mass is 583 g/mol. The number of ether oxygens (including phenoxy) is 1. The Kier molecular flexibility index (Phi) is 8.53. The minimum atomic E-state index is -0.585. The summed E-state index contributed by atoms with van der Waals surface area (Å²) in [6.45, 7) is 10.3. The topological polar surface area (TPSA) is 132 Å². The molecule has 1 aliphatic heterocycles. The van der Waals surface area contributed by atoms with Gasteiger partial charge in [0.25, 0.3) is 5.56 Å². The summed E-state index contributed by atoms with van der Waals surface area (Å²) in [7, 11) is 2.08. The molecule has 2 N–H and O–H groups in total. The van der Waals surface area contributed by atoms with E-state index in [1.165, 1.54) is 23.6 Å². The van der Waals surface area contributed by atoms with E-state index in [1.54, 1.807) is 36.7 Å².